The lowest BCUT2D eigenvalue weighted by Crippen LogP contribution is -2.61. The molecular weight excluding hydrogens is 1070 g/mol. The molecule has 0 saturated carbocycles. The molecule has 0 aliphatic carbocycles. The molecule has 500 valence electrons. The largest absolute Gasteiger partial charge is 0.479 e. The lowest BCUT2D eigenvalue weighted by atomic mass is 9.98. The lowest BCUT2D eigenvalue weighted by molar-refractivity contribution is -0.301. The monoisotopic (exact) mass is 1210 g/mol. The third kappa shape index (κ3) is 51.0. The van der Waals surface area contributed by atoms with Crippen LogP contribution in [0.15, 0.2) is 12.2 Å². The summed E-state index contributed by atoms with van der Waals surface area (Å²) in [6.45, 7) is 6.09. The molecule has 0 aromatic heterocycles. The van der Waals surface area contributed by atoms with Crippen molar-refractivity contribution in [3.05, 3.63) is 12.2 Å². The van der Waals surface area contributed by atoms with Gasteiger partial charge in [0.05, 0.1) is 6.61 Å². The van der Waals surface area contributed by atoms with Crippen LogP contribution in [0.2, 0.25) is 0 Å². The van der Waals surface area contributed by atoms with Crippen molar-refractivity contribution in [1.29, 1.82) is 0 Å². The summed E-state index contributed by atoms with van der Waals surface area (Å²) in [5.74, 6) is -3.06. The van der Waals surface area contributed by atoms with Crippen molar-refractivity contribution in [1.82, 2.24) is 0 Å². The number of allylic oxidation sites excluding steroid dienone is 2. The Bertz CT molecular complexity index is 1520. The first-order chi connectivity index (χ1) is 41.6. The van der Waals surface area contributed by atoms with E-state index in [2.05, 4.69) is 32.9 Å². The summed E-state index contributed by atoms with van der Waals surface area (Å²) in [4.78, 5) is 51.5. The van der Waals surface area contributed by atoms with Crippen LogP contribution in [0.25, 0.3) is 0 Å². The number of carboxylic acid groups (broad SMARTS) is 1. The second-order valence-corrected chi connectivity index (χ2v) is 25.6. The summed E-state index contributed by atoms with van der Waals surface area (Å²) >= 11 is 0. The topological polar surface area (TPSA) is 175 Å². The summed E-state index contributed by atoms with van der Waals surface area (Å²) in [5, 5.41) is 31.7. The first kappa shape index (κ1) is 80.5. The molecule has 1 aliphatic heterocycles. The van der Waals surface area contributed by atoms with Crippen molar-refractivity contribution >= 4 is 23.9 Å². The minimum Gasteiger partial charge on any atom is -0.479 e. The predicted octanol–water partition coefficient (Wildman–Crippen LogP) is 20.4. The number of carboxylic acids is 1. The number of aliphatic hydroxyl groups is 2. The molecule has 0 radical (unpaired) electrons. The minimum absolute atomic E-state index is 0.0653. The number of carbonyl (C=O) groups is 4. The number of aliphatic hydroxyl groups excluding tert-OH is 2. The Balaban J connectivity index is 2.59. The van der Waals surface area contributed by atoms with Crippen LogP contribution in [0.1, 0.15) is 380 Å². The van der Waals surface area contributed by atoms with Crippen LogP contribution >= 0.6 is 0 Å². The fraction of sp³-hybridized carbons (Fsp3) is 0.918. The fourth-order valence-corrected chi connectivity index (χ4v) is 11.7. The molecule has 1 aliphatic rings. The molecule has 85 heavy (non-hydrogen) atoms. The maximum Gasteiger partial charge on any atom is 0.335 e. The van der Waals surface area contributed by atoms with Gasteiger partial charge in [-0.3, -0.25) is 14.4 Å². The molecule has 1 fully saturated rings. The Morgan fingerprint density at radius 3 is 1.00 bits per heavy atom. The second kappa shape index (κ2) is 61.7. The van der Waals surface area contributed by atoms with Gasteiger partial charge in [-0.25, -0.2) is 4.79 Å². The molecule has 0 aromatic carbocycles. The lowest BCUT2D eigenvalue weighted by Gasteiger charge is -2.40. The van der Waals surface area contributed by atoms with Crippen LogP contribution in [-0.4, -0.2) is 89.2 Å². The molecule has 1 heterocycles. The van der Waals surface area contributed by atoms with E-state index in [4.69, 9.17) is 23.7 Å². The van der Waals surface area contributed by atoms with Gasteiger partial charge in [0, 0.05) is 19.3 Å². The molecule has 3 N–H and O–H groups in total. The maximum atomic E-state index is 13.3. The normalized spacial score (nSPS) is 17.4. The van der Waals surface area contributed by atoms with Crippen LogP contribution in [0.4, 0.5) is 0 Å². The molecule has 0 aromatic rings. The molecule has 0 spiro atoms. The van der Waals surface area contributed by atoms with Gasteiger partial charge < -0.3 is 39.0 Å². The number of unbranched alkanes of at least 4 members (excludes halogenated alkanes) is 49. The van der Waals surface area contributed by atoms with Gasteiger partial charge in [-0.05, 0) is 44.9 Å². The molecule has 6 atom stereocenters. The smallest absolute Gasteiger partial charge is 0.335 e. The zero-order chi connectivity index (χ0) is 61.7. The van der Waals surface area contributed by atoms with Gasteiger partial charge in [0.15, 0.2) is 24.6 Å². The molecule has 0 amide bonds. The van der Waals surface area contributed by atoms with Gasteiger partial charge in [-0.2, -0.15) is 0 Å². The van der Waals surface area contributed by atoms with Crippen LogP contribution in [0.5, 0.6) is 0 Å². The van der Waals surface area contributed by atoms with Gasteiger partial charge in [0.25, 0.3) is 0 Å². The Labute approximate surface area is 522 Å². The number of carbonyl (C=O) groups excluding carboxylic acids is 3. The van der Waals surface area contributed by atoms with Gasteiger partial charge in [0.2, 0.25) is 0 Å². The quantitative estimate of drug-likeness (QED) is 0.0228. The highest BCUT2D eigenvalue weighted by atomic mass is 16.7. The van der Waals surface area contributed by atoms with Crippen molar-refractivity contribution in [2.75, 3.05) is 13.2 Å². The number of hydrogen-bond donors (Lipinski definition) is 3. The van der Waals surface area contributed by atoms with Gasteiger partial charge >= 0.3 is 23.9 Å². The summed E-state index contributed by atoms with van der Waals surface area (Å²) in [6, 6.07) is 0. The van der Waals surface area contributed by atoms with Gasteiger partial charge in [-0.1, -0.05) is 328 Å². The predicted molar refractivity (Wildman–Crippen MR) is 350 cm³/mol. The first-order valence-corrected chi connectivity index (χ1v) is 36.7. The minimum atomic E-state index is -1.90. The van der Waals surface area contributed by atoms with Crippen molar-refractivity contribution in [2.24, 2.45) is 0 Å². The highest BCUT2D eigenvalue weighted by molar-refractivity contribution is 5.74. The Hall–Kier alpha value is -2.54. The number of rotatable bonds is 65. The van der Waals surface area contributed by atoms with E-state index in [1.54, 1.807) is 0 Å². The Kier molecular flexibility index (Phi) is 58.4. The number of esters is 3. The number of hydrogen-bond acceptors (Lipinski definition) is 11. The molecule has 0 bridgehead atoms. The number of aliphatic carboxylic acids is 1. The van der Waals surface area contributed by atoms with E-state index < -0.39 is 67.3 Å². The van der Waals surface area contributed by atoms with Gasteiger partial charge in [-0.15, -0.1) is 0 Å². The summed E-state index contributed by atoms with van der Waals surface area (Å²) < 4.78 is 28.7. The number of ether oxygens (including phenoxy) is 5. The van der Waals surface area contributed by atoms with Crippen LogP contribution in [0.3, 0.4) is 0 Å². The van der Waals surface area contributed by atoms with Crippen molar-refractivity contribution in [2.45, 2.75) is 417 Å². The molecule has 6 unspecified atom stereocenters. The van der Waals surface area contributed by atoms with E-state index in [-0.39, 0.29) is 25.9 Å². The average Bonchev–Trinajstić information content (AvgIpc) is 2.79. The molecular formula is C73H136O12. The van der Waals surface area contributed by atoms with E-state index >= 15 is 0 Å². The molecule has 1 saturated heterocycles. The van der Waals surface area contributed by atoms with Crippen LogP contribution < -0.4 is 0 Å². The summed E-state index contributed by atoms with van der Waals surface area (Å²) in [5.41, 5.74) is 0. The van der Waals surface area contributed by atoms with E-state index in [0.29, 0.717) is 19.3 Å². The second-order valence-electron chi connectivity index (χ2n) is 25.6. The first-order valence-electron chi connectivity index (χ1n) is 36.7. The molecule has 12 heteroatoms. The van der Waals surface area contributed by atoms with Crippen LogP contribution in [-0.2, 0) is 42.9 Å². The Morgan fingerprint density at radius 2 is 0.671 bits per heavy atom. The highest BCUT2D eigenvalue weighted by Gasteiger charge is 2.50. The van der Waals surface area contributed by atoms with Crippen LogP contribution in [0, 0.1) is 0 Å². The zero-order valence-electron chi connectivity index (χ0n) is 55.6. The zero-order valence-corrected chi connectivity index (χ0v) is 55.6. The summed E-state index contributed by atoms with van der Waals surface area (Å²) in [7, 11) is 0. The maximum absolute atomic E-state index is 13.3. The van der Waals surface area contributed by atoms with E-state index in [1.807, 2.05) is 0 Å². The van der Waals surface area contributed by atoms with Crippen molar-refractivity contribution in [3.63, 3.8) is 0 Å². The van der Waals surface area contributed by atoms with Crippen molar-refractivity contribution < 1.29 is 58.2 Å². The van der Waals surface area contributed by atoms with Crippen molar-refractivity contribution in [3.8, 4) is 0 Å². The third-order valence-corrected chi connectivity index (χ3v) is 17.3. The highest BCUT2D eigenvalue weighted by Crippen LogP contribution is 2.27. The van der Waals surface area contributed by atoms with Gasteiger partial charge in [0.1, 0.15) is 18.8 Å². The molecule has 12 nitrogen and oxygen atoms in total. The Morgan fingerprint density at radius 1 is 0.376 bits per heavy atom. The summed E-state index contributed by atoms with van der Waals surface area (Å²) in [6.07, 6.45) is 60.2. The standard InChI is InChI=1S/C73H136O12/c1-4-7-10-13-16-19-22-25-28-31-33-36-38-41-44-47-50-53-56-59-65(74)81-62-64(83-66(75)60-57-54-51-48-45-42-39-35-30-27-24-21-18-15-12-9-6-3)63-82-73-71(69(78)68(77)70(85-73)72(79)80)84-67(76)61-58-55-52-49-46-43-40-37-34-32-29-26-23-20-17-14-11-8-5-2/h26,29,64,68-71,73,77-78H,4-25,27-28,30-63H2,1-3H3,(H,79,80)/b29-26-. The third-order valence-electron chi connectivity index (χ3n) is 17.3. The van der Waals surface area contributed by atoms with E-state index in [9.17, 15) is 34.5 Å². The molecule has 1 rings (SSSR count). The SMILES string of the molecule is CCCCCCCC/C=C\CCCCCCCCCCCC(=O)OC1C(OCC(COC(=O)CCCCCCCCCCCCCCCCCCCCC)OC(=O)CCCCCCCCCCCCCCCCCCC)OC(C(=O)O)C(O)C1O. The van der Waals surface area contributed by atoms with E-state index in [0.717, 1.165) is 70.6 Å². The average molecular weight is 1210 g/mol. The fourth-order valence-electron chi connectivity index (χ4n) is 11.7. The van der Waals surface area contributed by atoms with E-state index in [1.165, 1.54) is 250 Å².